The van der Waals surface area contributed by atoms with E-state index in [1.54, 1.807) is 11.3 Å². The topological polar surface area (TPSA) is 21.3 Å². The molecule has 0 aliphatic carbocycles. The first-order valence-electron chi connectivity index (χ1n) is 4.94. The molecule has 1 N–H and O–H groups in total. The maximum atomic E-state index is 11.7. The molecule has 0 aliphatic heterocycles. The number of hydrogen-bond acceptors (Lipinski definition) is 3. The molecule has 0 aliphatic rings. The number of thiophene rings is 1. The van der Waals surface area contributed by atoms with E-state index in [1.807, 2.05) is 11.4 Å². The summed E-state index contributed by atoms with van der Waals surface area (Å²) in [5.41, 5.74) is 1.24. The predicted octanol–water partition coefficient (Wildman–Crippen LogP) is 2.46. The highest BCUT2D eigenvalue weighted by Gasteiger charge is 2.27. The van der Waals surface area contributed by atoms with E-state index in [2.05, 4.69) is 15.4 Å². The molecule has 0 bridgehead atoms. The van der Waals surface area contributed by atoms with Crippen molar-refractivity contribution in [1.29, 1.82) is 0 Å². The van der Waals surface area contributed by atoms with Crippen LogP contribution in [-0.2, 0) is 11.2 Å². The molecule has 0 aromatic carbocycles. The number of rotatable bonds is 7. The van der Waals surface area contributed by atoms with Gasteiger partial charge in [-0.1, -0.05) is 0 Å². The van der Waals surface area contributed by atoms with Gasteiger partial charge < -0.3 is 10.1 Å². The van der Waals surface area contributed by atoms with Crippen LogP contribution in [0.25, 0.3) is 0 Å². The van der Waals surface area contributed by atoms with Crippen molar-refractivity contribution in [2.75, 3.05) is 26.3 Å². The minimum Gasteiger partial charge on any atom is -0.371 e. The first kappa shape index (κ1) is 13.5. The molecular formula is C10H14F3NOS. The molecule has 0 spiro atoms. The van der Waals surface area contributed by atoms with Crippen molar-refractivity contribution in [3.8, 4) is 0 Å². The summed E-state index contributed by atoms with van der Waals surface area (Å²) >= 11 is 1.64. The largest absolute Gasteiger partial charge is 0.411 e. The average Bonchev–Trinajstić information content (AvgIpc) is 2.67. The molecular weight excluding hydrogens is 239 g/mol. The normalized spacial score (nSPS) is 11.9. The van der Waals surface area contributed by atoms with Crippen LogP contribution >= 0.6 is 11.3 Å². The Kier molecular flexibility index (Phi) is 5.79. The fraction of sp³-hybridized carbons (Fsp3) is 0.600. The maximum absolute atomic E-state index is 11.7. The van der Waals surface area contributed by atoms with Gasteiger partial charge in [0.05, 0.1) is 6.61 Å². The molecule has 0 fully saturated rings. The second-order valence-electron chi connectivity index (χ2n) is 3.30. The first-order valence-corrected chi connectivity index (χ1v) is 5.88. The molecule has 1 aromatic heterocycles. The van der Waals surface area contributed by atoms with Crippen molar-refractivity contribution in [1.82, 2.24) is 5.32 Å². The van der Waals surface area contributed by atoms with Crippen molar-refractivity contribution >= 4 is 11.3 Å². The van der Waals surface area contributed by atoms with E-state index in [0.717, 1.165) is 13.0 Å². The van der Waals surface area contributed by atoms with Crippen molar-refractivity contribution < 1.29 is 17.9 Å². The minimum atomic E-state index is -4.23. The van der Waals surface area contributed by atoms with Crippen LogP contribution in [0.4, 0.5) is 13.2 Å². The van der Waals surface area contributed by atoms with Crippen molar-refractivity contribution in [2.45, 2.75) is 12.6 Å². The molecule has 16 heavy (non-hydrogen) atoms. The van der Waals surface area contributed by atoms with E-state index in [9.17, 15) is 13.2 Å². The predicted molar refractivity (Wildman–Crippen MR) is 57.8 cm³/mol. The Labute approximate surface area is 96.4 Å². The molecule has 92 valence electrons. The van der Waals surface area contributed by atoms with Gasteiger partial charge in [-0.3, -0.25) is 0 Å². The van der Waals surface area contributed by atoms with Gasteiger partial charge in [-0.2, -0.15) is 24.5 Å². The molecule has 0 saturated heterocycles. The summed E-state index contributed by atoms with van der Waals surface area (Å²) in [6.45, 7) is 0.120. The summed E-state index contributed by atoms with van der Waals surface area (Å²) in [5.74, 6) is 0. The fourth-order valence-electron chi connectivity index (χ4n) is 1.12. The van der Waals surface area contributed by atoms with Crippen molar-refractivity contribution in [3.63, 3.8) is 0 Å². The molecule has 0 radical (unpaired) electrons. The Morgan fingerprint density at radius 1 is 1.31 bits per heavy atom. The zero-order valence-electron chi connectivity index (χ0n) is 8.72. The van der Waals surface area contributed by atoms with Crippen molar-refractivity contribution in [3.05, 3.63) is 22.4 Å². The zero-order valence-corrected chi connectivity index (χ0v) is 9.53. The quantitative estimate of drug-likeness (QED) is 0.754. The van der Waals surface area contributed by atoms with E-state index in [0.29, 0.717) is 6.54 Å². The fourth-order valence-corrected chi connectivity index (χ4v) is 1.83. The Morgan fingerprint density at radius 2 is 2.12 bits per heavy atom. The molecule has 1 aromatic rings. The second kappa shape index (κ2) is 6.88. The Bertz CT molecular complexity index is 274. The first-order chi connectivity index (χ1) is 7.58. The van der Waals surface area contributed by atoms with Gasteiger partial charge in [0.2, 0.25) is 0 Å². The molecule has 1 rings (SSSR count). The Hall–Kier alpha value is -0.590. The molecule has 0 amide bonds. The lowest BCUT2D eigenvalue weighted by molar-refractivity contribution is -0.173. The highest BCUT2D eigenvalue weighted by molar-refractivity contribution is 7.07. The summed E-state index contributed by atoms with van der Waals surface area (Å²) in [6.07, 6.45) is -3.33. The van der Waals surface area contributed by atoms with Crippen LogP contribution in [0.2, 0.25) is 0 Å². The summed E-state index contributed by atoms with van der Waals surface area (Å²) in [7, 11) is 0. The molecule has 6 heteroatoms. The lowest BCUT2D eigenvalue weighted by Crippen LogP contribution is -2.25. The minimum absolute atomic E-state index is 0.0865. The second-order valence-corrected chi connectivity index (χ2v) is 4.08. The third-order valence-corrected chi connectivity index (χ3v) is 2.59. The van der Waals surface area contributed by atoms with Gasteiger partial charge in [-0.05, 0) is 35.4 Å². The van der Waals surface area contributed by atoms with Gasteiger partial charge in [-0.25, -0.2) is 0 Å². The molecule has 0 saturated carbocycles. The SMILES string of the molecule is FC(F)(F)COCCNCCc1ccsc1. The van der Waals surface area contributed by atoms with Crippen LogP contribution in [0.3, 0.4) is 0 Å². The summed E-state index contributed by atoms with van der Waals surface area (Å²) < 4.78 is 39.5. The van der Waals surface area contributed by atoms with Crippen molar-refractivity contribution in [2.24, 2.45) is 0 Å². The molecule has 0 unspecified atom stereocenters. The zero-order chi connectivity index (χ0) is 11.9. The molecule has 1 heterocycles. The number of alkyl halides is 3. The Morgan fingerprint density at radius 3 is 2.75 bits per heavy atom. The molecule has 0 atom stereocenters. The van der Waals surface area contributed by atoms with Crippen LogP contribution in [-0.4, -0.2) is 32.5 Å². The highest BCUT2D eigenvalue weighted by Crippen LogP contribution is 2.13. The van der Waals surface area contributed by atoms with Crippen LogP contribution in [0.5, 0.6) is 0 Å². The monoisotopic (exact) mass is 253 g/mol. The van der Waals surface area contributed by atoms with E-state index in [4.69, 9.17) is 0 Å². The third kappa shape index (κ3) is 6.81. The van der Waals surface area contributed by atoms with Gasteiger partial charge >= 0.3 is 6.18 Å². The summed E-state index contributed by atoms with van der Waals surface area (Å²) in [5, 5.41) is 7.08. The van der Waals surface area contributed by atoms with Gasteiger partial charge in [-0.15, -0.1) is 0 Å². The number of hydrogen-bond donors (Lipinski definition) is 1. The van der Waals surface area contributed by atoms with Gasteiger partial charge in [0.1, 0.15) is 6.61 Å². The summed E-state index contributed by atoms with van der Waals surface area (Å²) in [4.78, 5) is 0. The van der Waals surface area contributed by atoms with Crippen LogP contribution in [0.1, 0.15) is 5.56 Å². The van der Waals surface area contributed by atoms with Gasteiger partial charge in [0.15, 0.2) is 0 Å². The van der Waals surface area contributed by atoms with E-state index >= 15 is 0 Å². The number of halogens is 3. The smallest absolute Gasteiger partial charge is 0.371 e. The number of ether oxygens (including phenoxy) is 1. The van der Waals surface area contributed by atoms with Crippen LogP contribution < -0.4 is 5.32 Å². The average molecular weight is 253 g/mol. The number of nitrogens with one attached hydrogen (secondary N) is 1. The van der Waals surface area contributed by atoms with E-state index in [1.165, 1.54) is 5.56 Å². The molecule has 2 nitrogen and oxygen atoms in total. The third-order valence-electron chi connectivity index (χ3n) is 1.86. The highest BCUT2D eigenvalue weighted by atomic mass is 32.1. The van der Waals surface area contributed by atoms with Gasteiger partial charge in [0.25, 0.3) is 0 Å². The standard InChI is InChI=1S/C10H14F3NOS/c11-10(12,13)8-15-5-4-14-3-1-9-2-6-16-7-9/h2,6-7,14H,1,3-5,8H2. The van der Waals surface area contributed by atoms with E-state index in [-0.39, 0.29) is 6.61 Å². The van der Waals surface area contributed by atoms with E-state index < -0.39 is 12.8 Å². The lowest BCUT2D eigenvalue weighted by atomic mass is 10.2. The van der Waals surface area contributed by atoms with Gasteiger partial charge in [0, 0.05) is 6.54 Å². The maximum Gasteiger partial charge on any atom is 0.411 e. The Balaban J connectivity index is 1.89. The summed E-state index contributed by atoms with van der Waals surface area (Å²) in [6, 6.07) is 2.03. The lowest BCUT2D eigenvalue weighted by Gasteiger charge is -2.08. The van der Waals surface area contributed by atoms with Crippen LogP contribution in [0, 0.1) is 0 Å². The van der Waals surface area contributed by atoms with Crippen LogP contribution in [0.15, 0.2) is 16.8 Å².